The van der Waals surface area contributed by atoms with Crippen molar-refractivity contribution in [2.75, 3.05) is 0 Å². The molecule has 194 valence electrons. The summed E-state index contributed by atoms with van der Waals surface area (Å²) in [5.41, 5.74) is -2.63. The predicted molar refractivity (Wildman–Crippen MR) is 133 cm³/mol. The third-order valence-corrected chi connectivity index (χ3v) is 6.15. The van der Waals surface area contributed by atoms with E-state index < -0.39 is 34.9 Å². The molecule has 2 atom stereocenters. The number of carbonyl (C=O) groups excluding carboxylic acids is 1. The maximum Gasteiger partial charge on any atom is 0.417 e. The Bertz CT molecular complexity index is 1290. The van der Waals surface area contributed by atoms with Crippen LogP contribution in [0.25, 0.3) is 4.85 Å². The molecule has 0 aliphatic rings. The van der Waals surface area contributed by atoms with Crippen molar-refractivity contribution in [1.29, 1.82) is 0 Å². The van der Waals surface area contributed by atoms with Gasteiger partial charge in [-0.25, -0.2) is 9.83 Å². The van der Waals surface area contributed by atoms with E-state index in [0.717, 1.165) is 17.7 Å². The number of carbonyl (C=O) groups is 1. The molecule has 0 saturated heterocycles. The van der Waals surface area contributed by atoms with Gasteiger partial charge in [-0.05, 0) is 50.1 Å². The summed E-state index contributed by atoms with van der Waals surface area (Å²) in [5.74, 6) is -0.792. The van der Waals surface area contributed by atoms with Crippen molar-refractivity contribution in [3.8, 4) is 5.88 Å². The van der Waals surface area contributed by atoms with Crippen molar-refractivity contribution in [3.63, 3.8) is 0 Å². The van der Waals surface area contributed by atoms with E-state index in [1.165, 1.54) is 13.8 Å². The fourth-order valence-electron chi connectivity index (χ4n) is 3.67. The first-order valence-electron chi connectivity index (χ1n) is 11.2. The maximum atomic E-state index is 13.2. The molecule has 37 heavy (non-hydrogen) atoms. The Morgan fingerprint density at radius 2 is 1.81 bits per heavy atom. The van der Waals surface area contributed by atoms with E-state index in [-0.39, 0.29) is 12.3 Å². The lowest BCUT2D eigenvalue weighted by atomic mass is 9.81. The van der Waals surface area contributed by atoms with Gasteiger partial charge in [-0.3, -0.25) is 4.79 Å². The topological polar surface area (TPSA) is 75.8 Å². The van der Waals surface area contributed by atoms with Gasteiger partial charge in [0.25, 0.3) is 5.91 Å². The second-order valence-corrected chi connectivity index (χ2v) is 9.52. The number of benzene rings is 2. The van der Waals surface area contributed by atoms with Crippen LogP contribution in [0.4, 0.5) is 18.9 Å². The van der Waals surface area contributed by atoms with Crippen LogP contribution in [-0.4, -0.2) is 27.6 Å². The van der Waals surface area contributed by atoms with Crippen LogP contribution in [0.3, 0.4) is 0 Å². The van der Waals surface area contributed by atoms with Crippen LogP contribution in [0.2, 0.25) is 5.02 Å². The monoisotopic (exact) mass is 531 g/mol. The average Bonchev–Trinajstić information content (AvgIpc) is 2.84. The first-order valence-corrected chi connectivity index (χ1v) is 11.6. The van der Waals surface area contributed by atoms with Gasteiger partial charge in [-0.2, -0.15) is 13.2 Å². The molecule has 2 unspecified atom stereocenters. The van der Waals surface area contributed by atoms with E-state index in [4.69, 9.17) is 22.9 Å². The van der Waals surface area contributed by atoms with E-state index >= 15 is 0 Å². The number of alkyl halides is 3. The molecule has 3 rings (SSSR count). The number of hydrogen-bond acceptors (Lipinski definition) is 4. The Hall–Kier alpha value is -3.61. The van der Waals surface area contributed by atoms with Crippen molar-refractivity contribution < 1.29 is 27.8 Å². The van der Waals surface area contributed by atoms with Gasteiger partial charge in [-0.15, -0.1) is 0 Å². The fraction of sp³-hybridized carbons (Fsp3) is 0.296. The zero-order valence-electron chi connectivity index (χ0n) is 20.3. The van der Waals surface area contributed by atoms with Gasteiger partial charge in [0.05, 0.1) is 18.2 Å². The highest BCUT2D eigenvalue weighted by atomic mass is 35.5. The lowest BCUT2D eigenvalue weighted by Crippen LogP contribution is -2.56. The minimum absolute atomic E-state index is 0.0921. The van der Waals surface area contributed by atoms with E-state index in [2.05, 4.69) is 15.1 Å². The molecule has 0 fully saturated rings. The Labute approximate surface area is 217 Å². The minimum atomic E-state index is -4.55. The Morgan fingerprint density at radius 1 is 1.14 bits per heavy atom. The summed E-state index contributed by atoms with van der Waals surface area (Å²) < 4.78 is 44.0. The van der Waals surface area contributed by atoms with Crippen LogP contribution >= 0.6 is 11.6 Å². The van der Waals surface area contributed by atoms with Gasteiger partial charge >= 0.3 is 6.18 Å². The number of hydrogen-bond donors (Lipinski definition) is 2. The molecule has 0 aliphatic carbocycles. The fourth-order valence-corrected chi connectivity index (χ4v) is 3.80. The second kappa shape index (κ2) is 10.8. The number of ether oxygens (including phenoxy) is 1. The summed E-state index contributed by atoms with van der Waals surface area (Å²) in [7, 11) is 0. The average molecular weight is 532 g/mol. The van der Waals surface area contributed by atoms with Crippen molar-refractivity contribution in [3.05, 3.63) is 100.0 Å². The molecule has 1 amide bonds. The van der Waals surface area contributed by atoms with E-state index in [9.17, 15) is 23.1 Å². The largest absolute Gasteiger partial charge is 0.462 e. The molecule has 10 heteroatoms. The lowest BCUT2D eigenvalue weighted by molar-refractivity contribution is -0.139. The molecule has 0 saturated carbocycles. The molecule has 0 aliphatic heterocycles. The normalized spacial score (nSPS) is 14.2. The first kappa shape index (κ1) is 28.0. The lowest BCUT2D eigenvalue weighted by Gasteiger charge is -2.37. The van der Waals surface area contributed by atoms with Gasteiger partial charge in [0.2, 0.25) is 5.88 Å². The van der Waals surface area contributed by atoms with Crippen molar-refractivity contribution in [2.45, 2.75) is 50.6 Å². The molecule has 0 radical (unpaired) electrons. The molecule has 3 aromatic rings. The zero-order chi connectivity index (χ0) is 27.4. The predicted octanol–water partition coefficient (Wildman–Crippen LogP) is 6.10. The smallest absolute Gasteiger partial charge is 0.417 e. The van der Waals surface area contributed by atoms with Gasteiger partial charge in [-0.1, -0.05) is 48.0 Å². The number of amides is 1. The van der Waals surface area contributed by atoms with Crippen molar-refractivity contribution in [1.82, 2.24) is 10.3 Å². The van der Waals surface area contributed by atoms with E-state index in [0.29, 0.717) is 22.5 Å². The number of aliphatic hydroxyl groups is 1. The molecule has 2 aromatic carbocycles. The molecule has 1 heterocycles. The molecule has 1 aromatic heterocycles. The number of aromatic nitrogens is 1. The van der Waals surface area contributed by atoms with Crippen molar-refractivity contribution >= 4 is 23.2 Å². The highest BCUT2D eigenvalue weighted by Crippen LogP contribution is 2.33. The summed E-state index contributed by atoms with van der Waals surface area (Å²) in [6.07, 6.45) is -3.83. The molecular weight excluding hydrogens is 507 g/mol. The highest BCUT2D eigenvalue weighted by Gasteiger charge is 2.40. The molecule has 2 N–H and O–H groups in total. The van der Waals surface area contributed by atoms with Gasteiger partial charge in [0.15, 0.2) is 11.3 Å². The Balaban J connectivity index is 1.85. The van der Waals surface area contributed by atoms with Crippen molar-refractivity contribution in [2.24, 2.45) is 0 Å². The first-order chi connectivity index (χ1) is 17.2. The quantitative estimate of drug-likeness (QED) is 0.345. The molecule has 0 bridgehead atoms. The third-order valence-electron chi connectivity index (χ3n) is 5.90. The molecule has 6 nitrogen and oxygen atoms in total. The number of nitrogens with zero attached hydrogens (tertiary/aromatic N) is 2. The SMILES string of the molecule is [C-]#[N+]c1cccc(C(O)(Cc2ccc(Cl)cc2)C(C)NC(=O)C(C)(C)Oc2ccc(C(F)(F)F)cn2)c1. The summed E-state index contributed by atoms with van der Waals surface area (Å²) in [5, 5.41) is 15.2. The number of rotatable bonds is 8. The third kappa shape index (κ3) is 6.79. The van der Waals surface area contributed by atoms with Gasteiger partial charge in [0.1, 0.15) is 5.60 Å². The summed E-state index contributed by atoms with van der Waals surface area (Å²) in [4.78, 5) is 20.3. The molecule has 0 spiro atoms. The zero-order valence-corrected chi connectivity index (χ0v) is 21.1. The highest BCUT2D eigenvalue weighted by molar-refractivity contribution is 6.30. The number of pyridine rings is 1. The Morgan fingerprint density at radius 3 is 2.38 bits per heavy atom. The van der Waals surface area contributed by atoms with Gasteiger partial charge < -0.3 is 15.2 Å². The standard InChI is InChI=1S/C27H25ClF3N3O3/c1-17(34-24(35)25(2,3)37-23-13-10-20(16-33-23)27(29,30)31)26(36,15-18-8-11-21(28)12-9-18)19-6-5-7-22(14-19)32-4/h5-14,16-17,36H,15H2,1-3H3,(H,34,35). The van der Waals surface area contributed by atoms with Gasteiger partial charge in [0, 0.05) is 23.7 Å². The second-order valence-electron chi connectivity index (χ2n) is 9.08. The maximum absolute atomic E-state index is 13.2. The Kier molecular flexibility index (Phi) is 8.16. The van der Waals surface area contributed by atoms with Crippen LogP contribution in [0, 0.1) is 6.57 Å². The summed E-state index contributed by atoms with van der Waals surface area (Å²) >= 11 is 5.99. The van der Waals surface area contributed by atoms with E-state index in [1.54, 1.807) is 55.5 Å². The van der Waals surface area contributed by atoms with E-state index in [1.807, 2.05) is 0 Å². The van der Waals surface area contributed by atoms with Crippen LogP contribution in [0.15, 0.2) is 66.9 Å². The van der Waals surface area contributed by atoms with Crippen LogP contribution in [-0.2, 0) is 23.0 Å². The summed E-state index contributed by atoms with van der Waals surface area (Å²) in [6.45, 7) is 11.8. The van der Waals surface area contributed by atoms with Crippen LogP contribution in [0.1, 0.15) is 37.5 Å². The minimum Gasteiger partial charge on any atom is -0.462 e. The number of nitrogens with one attached hydrogen (secondary N) is 1. The van der Waals surface area contributed by atoms with Crippen LogP contribution in [0.5, 0.6) is 5.88 Å². The van der Waals surface area contributed by atoms with Crippen LogP contribution < -0.4 is 10.1 Å². The molecular formula is C27H25ClF3N3O3. The summed E-state index contributed by atoms with van der Waals surface area (Å²) in [6, 6.07) is 14.3. The number of halogens is 4.